The number of halogens is 1. The summed E-state index contributed by atoms with van der Waals surface area (Å²) in [6.07, 6.45) is 2.14. The molecule has 1 heterocycles. The molecule has 1 atom stereocenters. The van der Waals surface area contributed by atoms with Crippen LogP contribution in [0.15, 0.2) is 12.3 Å². The number of aromatic nitrogens is 1. The first-order valence-electron chi connectivity index (χ1n) is 4.28. The standard InChI is InChI=1S/C8H11ClN2O4S/c1-16(14,15)11-4-5(2-7(11)9)6(3-10)8(12)13/h2,4,6H,3,10H2,1H3,(H,12,13). The van der Waals surface area contributed by atoms with Crippen LogP contribution in [0.3, 0.4) is 0 Å². The predicted molar refractivity (Wildman–Crippen MR) is 59.1 cm³/mol. The van der Waals surface area contributed by atoms with Crippen LogP contribution in [-0.2, 0) is 14.8 Å². The van der Waals surface area contributed by atoms with Gasteiger partial charge >= 0.3 is 5.97 Å². The highest BCUT2D eigenvalue weighted by molar-refractivity contribution is 7.89. The number of carbonyl (C=O) groups is 1. The van der Waals surface area contributed by atoms with Crippen molar-refractivity contribution in [3.63, 3.8) is 0 Å². The number of carboxylic acids is 1. The first-order chi connectivity index (χ1) is 7.27. The summed E-state index contributed by atoms with van der Waals surface area (Å²) in [6.45, 7) is -0.126. The van der Waals surface area contributed by atoms with Crippen molar-refractivity contribution in [2.75, 3.05) is 12.8 Å². The number of nitrogens with zero attached hydrogens (tertiary/aromatic N) is 1. The minimum atomic E-state index is -3.53. The summed E-state index contributed by atoms with van der Waals surface area (Å²) in [5.74, 6) is -2.08. The monoisotopic (exact) mass is 266 g/mol. The third kappa shape index (κ3) is 2.55. The van der Waals surface area contributed by atoms with Gasteiger partial charge in [-0.15, -0.1) is 0 Å². The third-order valence-corrected chi connectivity index (χ3v) is 3.46. The van der Waals surface area contributed by atoms with Gasteiger partial charge in [0, 0.05) is 12.7 Å². The highest BCUT2D eigenvalue weighted by atomic mass is 35.5. The molecule has 90 valence electrons. The lowest BCUT2D eigenvalue weighted by molar-refractivity contribution is -0.138. The van der Waals surface area contributed by atoms with Crippen molar-refractivity contribution in [3.8, 4) is 0 Å². The second-order valence-corrected chi connectivity index (χ2v) is 5.53. The lowest BCUT2D eigenvalue weighted by Crippen LogP contribution is -2.20. The molecule has 6 nitrogen and oxygen atoms in total. The molecule has 0 bridgehead atoms. The van der Waals surface area contributed by atoms with Gasteiger partial charge in [0.25, 0.3) is 0 Å². The van der Waals surface area contributed by atoms with Crippen molar-refractivity contribution < 1.29 is 18.3 Å². The molecule has 8 heteroatoms. The largest absolute Gasteiger partial charge is 0.481 e. The molecule has 0 aliphatic rings. The van der Waals surface area contributed by atoms with Crippen molar-refractivity contribution in [2.24, 2.45) is 5.73 Å². The Hall–Kier alpha value is -1.05. The zero-order valence-corrected chi connectivity index (χ0v) is 9.99. The molecule has 1 unspecified atom stereocenters. The average molecular weight is 267 g/mol. The third-order valence-electron chi connectivity index (χ3n) is 2.06. The Labute approximate surface area is 97.7 Å². The second kappa shape index (κ2) is 4.44. The van der Waals surface area contributed by atoms with Crippen LogP contribution in [0.5, 0.6) is 0 Å². The quantitative estimate of drug-likeness (QED) is 0.803. The van der Waals surface area contributed by atoms with Crippen LogP contribution in [0.25, 0.3) is 0 Å². The number of aliphatic carboxylic acids is 1. The summed E-state index contributed by atoms with van der Waals surface area (Å²) in [7, 11) is -3.53. The van der Waals surface area contributed by atoms with Crippen LogP contribution in [0.2, 0.25) is 5.15 Å². The van der Waals surface area contributed by atoms with E-state index in [0.29, 0.717) is 0 Å². The molecular formula is C8H11ClN2O4S. The fourth-order valence-electron chi connectivity index (χ4n) is 1.26. The minimum absolute atomic E-state index is 0.0581. The second-order valence-electron chi connectivity index (χ2n) is 3.28. The van der Waals surface area contributed by atoms with Crippen molar-refractivity contribution >= 4 is 27.6 Å². The van der Waals surface area contributed by atoms with Crippen LogP contribution < -0.4 is 5.73 Å². The van der Waals surface area contributed by atoms with E-state index in [2.05, 4.69) is 0 Å². The maximum absolute atomic E-state index is 11.2. The first-order valence-corrected chi connectivity index (χ1v) is 6.51. The zero-order chi connectivity index (χ0) is 12.5. The Morgan fingerprint density at radius 3 is 2.56 bits per heavy atom. The summed E-state index contributed by atoms with van der Waals surface area (Å²) in [4.78, 5) is 10.8. The maximum atomic E-state index is 11.2. The van der Waals surface area contributed by atoms with E-state index in [9.17, 15) is 13.2 Å². The molecule has 0 saturated carbocycles. The number of rotatable bonds is 4. The van der Waals surface area contributed by atoms with Crippen LogP contribution in [0, 0.1) is 0 Å². The summed E-state index contributed by atoms with van der Waals surface area (Å²) in [5, 5.41) is 8.79. The molecule has 0 aromatic carbocycles. The fourth-order valence-corrected chi connectivity index (χ4v) is 2.49. The van der Waals surface area contributed by atoms with Gasteiger partial charge in [-0.05, 0) is 11.6 Å². The molecule has 3 N–H and O–H groups in total. The predicted octanol–water partition coefficient (Wildman–Crippen LogP) is 0.0761. The molecule has 0 aliphatic carbocycles. The normalized spacial score (nSPS) is 13.7. The van der Waals surface area contributed by atoms with E-state index in [1.165, 1.54) is 12.3 Å². The molecule has 0 radical (unpaired) electrons. The van der Waals surface area contributed by atoms with Gasteiger partial charge in [0.1, 0.15) is 5.15 Å². The highest BCUT2D eigenvalue weighted by Gasteiger charge is 2.22. The molecule has 1 rings (SSSR count). The molecule has 0 saturated heterocycles. The van der Waals surface area contributed by atoms with Gasteiger partial charge < -0.3 is 10.8 Å². The van der Waals surface area contributed by atoms with Gasteiger partial charge in [0.15, 0.2) is 0 Å². The van der Waals surface area contributed by atoms with E-state index in [-0.39, 0.29) is 17.3 Å². The van der Waals surface area contributed by atoms with Gasteiger partial charge in [0.2, 0.25) is 10.0 Å². The van der Waals surface area contributed by atoms with Gasteiger partial charge in [-0.25, -0.2) is 12.4 Å². The van der Waals surface area contributed by atoms with Crippen molar-refractivity contribution in [2.45, 2.75) is 5.92 Å². The molecule has 1 aromatic rings. The summed E-state index contributed by atoms with van der Waals surface area (Å²) >= 11 is 5.69. The van der Waals surface area contributed by atoms with E-state index in [1.54, 1.807) is 0 Å². The van der Waals surface area contributed by atoms with Crippen LogP contribution in [0.4, 0.5) is 0 Å². The number of nitrogens with two attached hydrogens (primary N) is 1. The van der Waals surface area contributed by atoms with Crippen LogP contribution >= 0.6 is 11.6 Å². The van der Waals surface area contributed by atoms with E-state index in [0.717, 1.165) is 10.2 Å². The SMILES string of the molecule is CS(=O)(=O)n1cc(C(CN)C(=O)O)cc1Cl. The Balaban J connectivity index is 3.25. The number of carboxylic acid groups (broad SMARTS) is 1. The van der Waals surface area contributed by atoms with Crippen LogP contribution in [-0.4, -0.2) is 36.3 Å². The number of hydrogen-bond donors (Lipinski definition) is 2. The highest BCUT2D eigenvalue weighted by Crippen LogP contribution is 2.23. The average Bonchev–Trinajstić information content (AvgIpc) is 2.47. The van der Waals surface area contributed by atoms with E-state index < -0.39 is 21.9 Å². The van der Waals surface area contributed by atoms with E-state index in [4.69, 9.17) is 22.4 Å². The topological polar surface area (TPSA) is 102 Å². The summed E-state index contributed by atoms with van der Waals surface area (Å²) in [6, 6.07) is 1.29. The molecule has 0 amide bonds. The van der Waals surface area contributed by atoms with Gasteiger partial charge in [0.05, 0.1) is 12.2 Å². The lowest BCUT2D eigenvalue weighted by Gasteiger charge is -2.06. The molecule has 16 heavy (non-hydrogen) atoms. The molecule has 0 aliphatic heterocycles. The Morgan fingerprint density at radius 1 is 1.69 bits per heavy atom. The Bertz CT molecular complexity index is 508. The maximum Gasteiger partial charge on any atom is 0.312 e. The molecular weight excluding hydrogens is 256 g/mol. The molecule has 0 fully saturated rings. The van der Waals surface area contributed by atoms with Gasteiger partial charge in [-0.2, -0.15) is 0 Å². The summed E-state index contributed by atoms with van der Waals surface area (Å²) in [5.41, 5.74) is 5.56. The smallest absolute Gasteiger partial charge is 0.312 e. The van der Waals surface area contributed by atoms with E-state index >= 15 is 0 Å². The molecule has 0 spiro atoms. The Kier molecular flexibility index (Phi) is 3.61. The lowest BCUT2D eigenvalue weighted by atomic mass is 10.0. The van der Waals surface area contributed by atoms with Crippen molar-refractivity contribution in [1.82, 2.24) is 3.97 Å². The van der Waals surface area contributed by atoms with Crippen molar-refractivity contribution in [3.05, 3.63) is 23.0 Å². The summed E-state index contributed by atoms with van der Waals surface area (Å²) < 4.78 is 23.3. The van der Waals surface area contributed by atoms with Gasteiger partial charge in [-0.3, -0.25) is 4.79 Å². The zero-order valence-electron chi connectivity index (χ0n) is 8.42. The van der Waals surface area contributed by atoms with Gasteiger partial charge in [-0.1, -0.05) is 11.6 Å². The van der Waals surface area contributed by atoms with E-state index in [1.807, 2.05) is 0 Å². The molecule has 1 aromatic heterocycles. The van der Waals surface area contributed by atoms with Crippen LogP contribution in [0.1, 0.15) is 11.5 Å². The number of hydrogen-bond acceptors (Lipinski definition) is 4. The minimum Gasteiger partial charge on any atom is -0.481 e. The van der Waals surface area contributed by atoms with Crippen molar-refractivity contribution in [1.29, 1.82) is 0 Å². The first kappa shape index (κ1) is 13.0. The Morgan fingerprint density at radius 2 is 2.25 bits per heavy atom. The fraction of sp³-hybridized carbons (Fsp3) is 0.375.